The molecule has 2 rings (SSSR count). The summed E-state index contributed by atoms with van der Waals surface area (Å²) in [5, 5.41) is 11.4. The van der Waals surface area contributed by atoms with Crippen molar-refractivity contribution in [3.63, 3.8) is 0 Å². The van der Waals surface area contributed by atoms with Gasteiger partial charge in [-0.1, -0.05) is 12.2 Å². The predicted molar refractivity (Wildman–Crippen MR) is 68.5 cm³/mol. The summed E-state index contributed by atoms with van der Waals surface area (Å²) in [4.78, 5) is 22.8. The topological polar surface area (TPSA) is 66.4 Å². The van der Waals surface area contributed by atoms with Crippen LogP contribution in [0.4, 0.5) is 10.1 Å². The summed E-state index contributed by atoms with van der Waals surface area (Å²) in [5.41, 5.74) is -0.115. The lowest BCUT2D eigenvalue weighted by Gasteiger charge is -2.11. The molecule has 5 heteroatoms. The molecule has 1 aromatic rings. The fraction of sp³-hybridized carbons (Fsp3) is 0.286. The number of carboxylic acids is 1. The van der Waals surface area contributed by atoms with Crippen LogP contribution in [-0.4, -0.2) is 17.0 Å². The van der Waals surface area contributed by atoms with Crippen molar-refractivity contribution >= 4 is 17.6 Å². The van der Waals surface area contributed by atoms with Crippen LogP contribution in [0.2, 0.25) is 0 Å². The molecule has 19 heavy (non-hydrogen) atoms. The average Bonchev–Trinajstić information content (AvgIpc) is 2.81. The van der Waals surface area contributed by atoms with E-state index >= 15 is 0 Å². The SMILES string of the molecule is O=C(CC1C=CCC1)Nc1cc(F)ccc1C(=O)O. The molecule has 0 saturated heterocycles. The number of rotatable bonds is 4. The van der Waals surface area contributed by atoms with E-state index < -0.39 is 11.8 Å². The maximum absolute atomic E-state index is 13.1. The molecule has 1 aliphatic carbocycles. The minimum atomic E-state index is -1.20. The summed E-state index contributed by atoms with van der Waals surface area (Å²) in [7, 11) is 0. The van der Waals surface area contributed by atoms with Gasteiger partial charge in [-0.3, -0.25) is 4.79 Å². The largest absolute Gasteiger partial charge is 0.478 e. The normalized spacial score (nSPS) is 17.4. The fourth-order valence-corrected chi connectivity index (χ4v) is 2.11. The number of carbonyl (C=O) groups is 2. The number of hydrogen-bond donors (Lipinski definition) is 2. The van der Waals surface area contributed by atoms with Gasteiger partial charge < -0.3 is 10.4 Å². The first-order valence-corrected chi connectivity index (χ1v) is 6.05. The monoisotopic (exact) mass is 263 g/mol. The van der Waals surface area contributed by atoms with E-state index in [2.05, 4.69) is 5.32 Å². The molecule has 1 amide bonds. The highest BCUT2D eigenvalue weighted by atomic mass is 19.1. The van der Waals surface area contributed by atoms with Crippen LogP contribution in [0.1, 0.15) is 29.6 Å². The number of carbonyl (C=O) groups excluding carboxylic acids is 1. The first-order chi connectivity index (χ1) is 9.06. The van der Waals surface area contributed by atoms with Crippen molar-refractivity contribution in [3.8, 4) is 0 Å². The van der Waals surface area contributed by atoms with Crippen molar-refractivity contribution in [2.75, 3.05) is 5.32 Å². The summed E-state index contributed by atoms with van der Waals surface area (Å²) < 4.78 is 13.1. The van der Waals surface area contributed by atoms with Crippen LogP contribution < -0.4 is 5.32 Å². The third kappa shape index (κ3) is 3.40. The highest BCUT2D eigenvalue weighted by Gasteiger charge is 2.17. The van der Waals surface area contributed by atoms with Gasteiger partial charge in [0.25, 0.3) is 0 Å². The fourth-order valence-electron chi connectivity index (χ4n) is 2.11. The van der Waals surface area contributed by atoms with Gasteiger partial charge in [-0.05, 0) is 37.0 Å². The van der Waals surface area contributed by atoms with E-state index in [0.717, 1.165) is 31.0 Å². The lowest BCUT2D eigenvalue weighted by atomic mass is 10.0. The van der Waals surface area contributed by atoms with Gasteiger partial charge in [0.2, 0.25) is 5.91 Å². The molecular weight excluding hydrogens is 249 g/mol. The summed E-state index contributed by atoms with van der Waals surface area (Å²) in [6.07, 6.45) is 6.15. The van der Waals surface area contributed by atoms with E-state index in [1.165, 1.54) is 0 Å². The molecule has 0 saturated carbocycles. The molecule has 0 spiro atoms. The second kappa shape index (κ2) is 5.65. The molecule has 1 aromatic carbocycles. The molecule has 0 aromatic heterocycles. The van der Waals surface area contributed by atoms with E-state index in [9.17, 15) is 14.0 Å². The minimum absolute atomic E-state index is 0.000485. The molecule has 100 valence electrons. The molecule has 0 heterocycles. The number of nitrogens with one attached hydrogen (secondary N) is 1. The number of amides is 1. The molecule has 0 bridgehead atoms. The van der Waals surface area contributed by atoms with Crippen molar-refractivity contribution in [3.05, 3.63) is 41.7 Å². The van der Waals surface area contributed by atoms with E-state index in [1.54, 1.807) is 0 Å². The molecule has 1 atom stereocenters. The summed E-state index contributed by atoms with van der Waals surface area (Å²) >= 11 is 0. The Balaban J connectivity index is 2.08. The van der Waals surface area contributed by atoms with Gasteiger partial charge in [0.1, 0.15) is 5.82 Å². The number of benzene rings is 1. The van der Waals surface area contributed by atoms with Crippen molar-refractivity contribution in [1.82, 2.24) is 0 Å². The first kappa shape index (κ1) is 13.3. The average molecular weight is 263 g/mol. The number of halogens is 1. The van der Waals surface area contributed by atoms with Gasteiger partial charge in [0, 0.05) is 6.42 Å². The lowest BCUT2D eigenvalue weighted by Crippen LogP contribution is -2.17. The van der Waals surface area contributed by atoms with Gasteiger partial charge in [0.05, 0.1) is 11.3 Å². The number of aromatic carboxylic acids is 1. The van der Waals surface area contributed by atoms with Gasteiger partial charge >= 0.3 is 5.97 Å². The Bertz CT molecular complexity index is 539. The van der Waals surface area contributed by atoms with Gasteiger partial charge in [-0.2, -0.15) is 0 Å². The Morgan fingerprint density at radius 3 is 2.84 bits per heavy atom. The van der Waals surface area contributed by atoms with Crippen molar-refractivity contribution in [1.29, 1.82) is 0 Å². The zero-order valence-electron chi connectivity index (χ0n) is 10.2. The van der Waals surface area contributed by atoms with Crippen LogP contribution in [-0.2, 0) is 4.79 Å². The second-order valence-corrected chi connectivity index (χ2v) is 4.51. The summed E-state index contributed by atoms with van der Waals surface area (Å²) in [6, 6.07) is 3.22. The van der Waals surface area contributed by atoms with E-state index in [0.29, 0.717) is 0 Å². The lowest BCUT2D eigenvalue weighted by molar-refractivity contribution is -0.116. The molecule has 0 fully saturated rings. The molecular formula is C14H14FNO3. The summed E-state index contributed by atoms with van der Waals surface area (Å²) in [6.45, 7) is 0. The number of carboxylic acid groups (broad SMARTS) is 1. The zero-order valence-corrected chi connectivity index (χ0v) is 10.2. The number of allylic oxidation sites excluding steroid dienone is 2. The Labute approximate surface area is 109 Å². The van der Waals surface area contributed by atoms with Crippen LogP contribution in [0, 0.1) is 11.7 Å². The highest BCUT2D eigenvalue weighted by molar-refractivity contribution is 6.00. The predicted octanol–water partition coefficient (Wildman–Crippen LogP) is 2.82. The Morgan fingerprint density at radius 1 is 1.42 bits per heavy atom. The van der Waals surface area contributed by atoms with E-state index in [4.69, 9.17) is 5.11 Å². The van der Waals surface area contributed by atoms with Crippen molar-refractivity contribution in [2.24, 2.45) is 5.92 Å². The van der Waals surface area contributed by atoms with Crippen molar-refractivity contribution in [2.45, 2.75) is 19.3 Å². The van der Waals surface area contributed by atoms with Gasteiger partial charge in [-0.25, -0.2) is 9.18 Å². The smallest absolute Gasteiger partial charge is 0.337 e. The van der Waals surface area contributed by atoms with E-state index in [1.807, 2.05) is 12.2 Å². The van der Waals surface area contributed by atoms with Crippen LogP contribution >= 0.6 is 0 Å². The first-order valence-electron chi connectivity index (χ1n) is 6.05. The third-order valence-electron chi connectivity index (χ3n) is 3.05. The second-order valence-electron chi connectivity index (χ2n) is 4.51. The molecule has 4 nitrogen and oxygen atoms in total. The number of hydrogen-bond acceptors (Lipinski definition) is 2. The molecule has 1 unspecified atom stereocenters. The third-order valence-corrected chi connectivity index (χ3v) is 3.05. The Kier molecular flexibility index (Phi) is 3.94. The maximum atomic E-state index is 13.1. The van der Waals surface area contributed by atoms with Gasteiger partial charge in [-0.15, -0.1) is 0 Å². The summed E-state index contributed by atoms with van der Waals surface area (Å²) in [5.74, 6) is -1.90. The highest BCUT2D eigenvalue weighted by Crippen LogP contribution is 2.22. The van der Waals surface area contributed by atoms with E-state index in [-0.39, 0.29) is 29.5 Å². The maximum Gasteiger partial charge on any atom is 0.337 e. The van der Waals surface area contributed by atoms with Crippen molar-refractivity contribution < 1.29 is 19.1 Å². The Hall–Kier alpha value is -2.17. The Morgan fingerprint density at radius 2 is 2.21 bits per heavy atom. The van der Waals surface area contributed by atoms with Crippen LogP contribution in [0.25, 0.3) is 0 Å². The van der Waals surface area contributed by atoms with Crippen LogP contribution in [0.15, 0.2) is 30.4 Å². The molecule has 2 N–H and O–H groups in total. The number of anilines is 1. The quantitative estimate of drug-likeness (QED) is 0.821. The van der Waals surface area contributed by atoms with Gasteiger partial charge in [0.15, 0.2) is 0 Å². The zero-order chi connectivity index (χ0) is 13.8. The minimum Gasteiger partial charge on any atom is -0.478 e. The van der Waals surface area contributed by atoms with Crippen LogP contribution in [0.5, 0.6) is 0 Å². The van der Waals surface area contributed by atoms with Crippen LogP contribution in [0.3, 0.4) is 0 Å². The standard InChI is InChI=1S/C14H14FNO3/c15-10-5-6-11(14(18)19)12(8-10)16-13(17)7-9-3-1-2-4-9/h1,3,5-6,8-9H,2,4,7H2,(H,16,17)(H,18,19). The molecule has 0 radical (unpaired) electrons. The molecule has 0 aliphatic heterocycles. The molecule has 1 aliphatic rings.